The van der Waals surface area contributed by atoms with Crippen molar-refractivity contribution in [1.29, 1.82) is 0 Å². The van der Waals surface area contributed by atoms with Gasteiger partial charge in [0.25, 0.3) is 10.1 Å². The fourth-order valence-electron chi connectivity index (χ4n) is 1.45. The lowest BCUT2D eigenvalue weighted by molar-refractivity contribution is -0.140. The molecule has 0 saturated heterocycles. The first-order valence-electron chi connectivity index (χ1n) is 5.89. The van der Waals surface area contributed by atoms with Crippen molar-refractivity contribution in [3.8, 4) is 5.75 Å². The molecule has 0 radical (unpaired) electrons. The van der Waals surface area contributed by atoms with Crippen LogP contribution in [0.3, 0.4) is 0 Å². The summed E-state index contributed by atoms with van der Waals surface area (Å²) in [4.78, 5) is 21.4. The number of phenolic OH excluding ortho intramolecular Hbond substituents is 1. The molecule has 0 fully saturated rings. The number of carboxylic acid groups (broad SMARTS) is 1. The Morgan fingerprint density at radius 1 is 1.39 bits per heavy atom. The van der Waals surface area contributed by atoms with Gasteiger partial charge in [-0.2, -0.15) is 8.42 Å². The predicted octanol–water partition coefficient (Wildman–Crippen LogP) is 0.641. The Bertz CT molecular complexity index is 736. The molecule has 0 aliphatic carbocycles. The summed E-state index contributed by atoms with van der Waals surface area (Å²) in [6, 6.07) is 0.280. The van der Waals surface area contributed by atoms with Crippen molar-refractivity contribution in [2.75, 3.05) is 5.32 Å². The second-order valence-corrected chi connectivity index (χ2v) is 6.20. The first-order valence-corrected chi connectivity index (χ1v) is 7.71. The number of anilines is 1. The number of aliphatic carboxylic acids is 1. The van der Waals surface area contributed by atoms with Crippen molar-refractivity contribution in [2.24, 2.45) is 5.73 Å². The zero-order valence-corrected chi connectivity index (χ0v) is 13.1. The normalized spacial score (nSPS) is 13.9. The molecule has 6 N–H and O–H groups in total. The number of phenols is 1. The summed E-state index contributed by atoms with van der Waals surface area (Å²) in [6.45, 7) is 1.22. The van der Waals surface area contributed by atoms with Crippen LogP contribution < -0.4 is 11.1 Å². The van der Waals surface area contributed by atoms with E-state index in [0.717, 1.165) is 12.1 Å². The van der Waals surface area contributed by atoms with E-state index in [0.29, 0.717) is 0 Å². The SMILES string of the molecule is C[C@@H](OC(=O)Nc1cc(Cl)cc(S(=O)(=O)O)c1O)[C@H](N)C(=O)O. The molecule has 0 saturated carbocycles. The number of hydrogen-bond acceptors (Lipinski definition) is 7. The molecule has 128 valence electrons. The standard InChI is InChI=1S/C11H13ClN2O8S/c1-4(8(13)10(16)17)22-11(18)14-6-2-5(12)3-7(9(6)15)23(19,20)21/h2-4,8,15H,13H2,1H3,(H,14,18)(H,16,17)(H,19,20,21)/t4-,8+/m1/s1. The van der Waals surface area contributed by atoms with Gasteiger partial charge in [-0.25, -0.2) is 4.79 Å². The molecule has 0 heterocycles. The van der Waals surface area contributed by atoms with Crippen molar-refractivity contribution in [1.82, 2.24) is 0 Å². The Kier molecular flexibility index (Phi) is 5.77. The monoisotopic (exact) mass is 368 g/mol. The number of amides is 1. The van der Waals surface area contributed by atoms with Gasteiger partial charge in [-0.05, 0) is 19.1 Å². The van der Waals surface area contributed by atoms with Crippen molar-refractivity contribution in [3.05, 3.63) is 17.2 Å². The van der Waals surface area contributed by atoms with Crippen LogP contribution in [-0.2, 0) is 19.6 Å². The smallest absolute Gasteiger partial charge is 0.412 e. The number of aromatic hydroxyl groups is 1. The predicted molar refractivity (Wildman–Crippen MR) is 78.1 cm³/mol. The fourth-order valence-corrected chi connectivity index (χ4v) is 2.36. The van der Waals surface area contributed by atoms with Crippen molar-refractivity contribution in [2.45, 2.75) is 24.0 Å². The Balaban J connectivity index is 3.00. The summed E-state index contributed by atoms with van der Waals surface area (Å²) in [5.41, 5.74) is 4.78. The van der Waals surface area contributed by atoms with Gasteiger partial charge < -0.3 is 20.7 Å². The van der Waals surface area contributed by atoms with Crippen molar-refractivity contribution < 1.29 is 37.5 Å². The number of carboxylic acids is 1. The molecule has 1 amide bonds. The molecule has 0 spiro atoms. The van der Waals surface area contributed by atoms with Crippen LogP contribution in [0, 0.1) is 0 Å². The van der Waals surface area contributed by atoms with Gasteiger partial charge >= 0.3 is 12.1 Å². The summed E-state index contributed by atoms with van der Waals surface area (Å²) in [5, 5.41) is 20.2. The molecule has 10 nitrogen and oxygen atoms in total. The Labute approximate surface area is 135 Å². The van der Waals surface area contributed by atoms with Gasteiger partial charge in [0.05, 0.1) is 5.69 Å². The Morgan fingerprint density at radius 2 is 1.96 bits per heavy atom. The minimum Gasteiger partial charge on any atom is -0.504 e. The van der Waals surface area contributed by atoms with Gasteiger partial charge in [0, 0.05) is 5.02 Å². The summed E-state index contributed by atoms with van der Waals surface area (Å²) < 4.78 is 35.8. The van der Waals surface area contributed by atoms with Crippen molar-refractivity contribution in [3.63, 3.8) is 0 Å². The third kappa shape index (κ3) is 4.96. The van der Waals surface area contributed by atoms with Gasteiger partial charge in [-0.1, -0.05) is 11.6 Å². The van der Waals surface area contributed by atoms with E-state index in [-0.39, 0.29) is 5.02 Å². The number of hydrogen-bond donors (Lipinski definition) is 5. The molecular weight excluding hydrogens is 356 g/mol. The molecule has 1 aromatic rings. The molecular formula is C11H13ClN2O8S. The Morgan fingerprint density at radius 3 is 2.43 bits per heavy atom. The van der Waals surface area contributed by atoms with Crippen LogP contribution in [0.1, 0.15) is 6.92 Å². The van der Waals surface area contributed by atoms with Crippen LogP contribution in [0.2, 0.25) is 5.02 Å². The molecule has 2 atom stereocenters. The highest BCUT2D eigenvalue weighted by Gasteiger charge is 2.25. The molecule has 23 heavy (non-hydrogen) atoms. The quantitative estimate of drug-likeness (QED) is 0.368. The van der Waals surface area contributed by atoms with E-state index in [1.54, 1.807) is 0 Å². The van der Waals surface area contributed by atoms with Gasteiger partial charge in [0.15, 0.2) is 5.75 Å². The summed E-state index contributed by atoms with van der Waals surface area (Å²) in [7, 11) is -4.79. The number of carbonyl (C=O) groups excluding carboxylic acids is 1. The van der Waals surface area contributed by atoms with E-state index < -0.39 is 50.7 Å². The van der Waals surface area contributed by atoms with E-state index in [2.05, 4.69) is 4.74 Å². The van der Waals surface area contributed by atoms with E-state index >= 15 is 0 Å². The molecule has 0 unspecified atom stereocenters. The second-order valence-electron chi connectivity index (χ2n) is 4.37. The molecule has 1 aromatic carbocycles. The molecule has 12 heteroatoms. The maximum atomic E-state index is 11.6. The maximum Gasteiger partial charge on any atom is 0.412 e. The highest BCUT2D eigenvalue weighted by Crippen LogP contribution is 2.34. The second kappa shape index (κ2) is 7.00. The molecule has 1 rings (SSSR count). The van der Waals surface area contributed by atoms with E-state index in [9.17, 15) is 23.1 Å². The molecule has 0 bridgehead atoms. The molecule has 0 aromatic heterocycles. The minimum absolute atomic E-state index is 0.207. The number of halogens is 1. The number of rotatable bonds is 5. The van der Waals surface area contributed by atoms with Gasteiger partial charge in [0.1, 0.15) is 17.0 Å². The van der Waals surface area contributed by atoms with E-state index in [1.165, 1.54) is 6.92 Å². The third-order valence-corrected chi connectivity index (χ3v) is 3.72. The largest absolute Gasteiger partial charge is 0.504 e. The topological polar surface area (TPSA) is 176 Å². The first-order chi connectivity index (χ1) is 10.4. The third-order valence-electron chi connectivity index (χ3n) is 2.64. The molecule has 0 aliphatic heterocycles. The summed E-state index contributed by atoms with van der Waals surface area (Å²) in [6.07, 6.45) is -2.43. The Hall–Kier alpha value is -2.08. The van der Waals surface area contributed by atoms with Crippen LogP contribution in [0.25, 0.3) is 0 Å². The molecule has 0 aliphatic rings. The highest BCUT2D eigenvalue weighted by molar-refractivity contribution is 7.86. The average Bonchev–Trinajstić information content (AvgIpc) is 2.39. The number of nitrogens with one attached hydrogen (secondary N) is 1. The first kappa shape index (κ1) is 19.0. The van der Waals surface area contributed by atoms with Gasteiger partial charge in [-0.3, -0.25) is 14.7 Å². The van der Waals surface area contributed by atoms with E-state index in [1.807, 2.05) is 5.32 Å². The van der Waals surface area contributed by atoms with Crippen LogP contribution in [0.5, 0.6) is 5.75 Å². The maximum absolute atomic E-state index is 11.6. The summed E-state index contributed by atoms with van der Waals surface area (Å²) >= 11 is 5.63. The highest BCUT2D eigenvalue weighted by atomic mass is 35.5. The van der Waals surface area contributed by atoms with Crippen LogP contribution in [0.4, 0.5) is 10.5 Å². The minimum atomic E-state index is -4.79. The van der Waals surface area contributed by atoms with Gasteiger partial charge in [0.2, 0.25) is 0 Å². The lowest BCUT2D eigenvalue weighted by atomic mass is 10.2. The van der Waals surface area contributed by atoms with Crippen molar-refractivity contribution >= 4 is 39.5 Å². The van der Waals surface area contributed by atoms with Crippen LogP contribution in [-0.4, -0.2) is 47.4 Å². The number of nitrogens with two attached hydrogens (primary N) is 1. The van der Waals surface area contributed by atoms with E-state index in [4.69, 9.17) is 27.0 Å². The average molecular weight is 369 g/mol. The van der Waals surface area contributed by atoms with Gasteiger partial charge in [-0.15, -0.1) is 0 Å². The number of ether oxygens (including phenoxy) is 1. The lowest BCUT2D eigenvalue weighted by Gasteiger charge is -2.17. The summed E-state index contributed by atoms with van der Waals surface area (Å²) in [5.74, 6) is -2.37. The fraction of sp³-hybridized carbons (Fsp3) is 0.273. The zero-order chi connectivity index (χ0) is 17.9. The number of carbonyl (C=O) groups is 2. The van der Waals surface area contributed by atoms with Crippen LogP contribution >= 0.6 is 11.6 Å². The lowest BCUT2D eigenvalue weighted by Crippen LogP contribution is -2.43. The number of benzene rings is 1. The zero-order valence-electron chi connectivity index (χ0n) is 11.6. The van der Waals surface area contributed by atoms with Crippen LogP contribution in [0.15, 0.2) is 17.0 Å².